The summed E-state index contributed by atoms with van der Waals surface area (Å²) in [5, 5.41) is 12.3. The zero-order valence-electron chi connectivity index (χ0n) is 19.3. The summed E-state index contributed by atoms with van der Waals surface area (Å²) in [7, 11) is -4.12. The highest BCUT2D eigenvalue weighted by Gasteiger charge is 2.44. The number of nitrogens with one attached hydrogen (secondary N) is 1. The maximum atomic E-state index is 13.2. The van der Waals surface area contributed by atoms with Crippen LogP contribution in [0.3, 0.4) is 0 Å². The number of carbonyl (C=O) groups is 2. The van der Waals surface area contributed by atoms with Crippen LogP contribution in [-0.4, -0.2) is 60.0 Å². The second-order valence-corrected chi connectivity index (χ2v) is 13.4. The van der Waals surface area contributed by atoms with Crippen molar-refractivity contribution in [3.05, 3.63) is 45.3 Å². The number of amides is 1. The normalized spacial score (nSPS) is 19.9. The molecule has 0 saturated carbocycles. The van der Waals surface area contributed by atoms with Gasteiger partial charge in [0.05, 0.1) is 5.02 Å². The van der Waals surface area contributed by atoms with Crippen LogP contribution < -0.4 is 15.8 Å². The summed E-state index contributed by atoms with van der Waals surface area (Å²) >= 11 is 12.6. The smallest absolute Gasteiger partial charge is 0.326 e. The SMILES string of the molecule is CC(C)(C)Oc1ccc(C[C@H](NC(=O)[C@@H]2C[C@@H](N)CN2S(=O)(=O)c2cc(Cl)c(Cl)s2)C(=O)O)cc1. The number of rotatable bonds is 8. The summed E-state index contributed by atoms with van der Waals surface area (Å²) in [6.45, 7) is 5.64. The van der Waals surface area contributed by atoms with Gasteiger partial charge in [0.1, 0.15) is 32.0 Å². The van der Waals surface area contributed by atoms with Crippen molar-refractivity contribution in [3.63, 3.8) is 0 Å². The Bertz CT molecular complexity index is 1180. The van der Waals surface area contributed by atoms with Crippen molar-refractivity contribution in [1.29, 1.82) is 0 Å². The fraction of sp³-hybridized carbons (Fsp3) is 0.455. The third-order valence-electron chi connectivity index (χ3n) is 5.18. The lowest BCUT2D eigenvalue weighted by atomic mass is 10.0. The number of benzene rings is 1. The number of carboxylic acid groups (broad SMARTS) is 1. The monoisotopic (exact) mass is 563 g/mol. The maximum absolute atomic E-state index is 13.2. The van der Waals surface area contributed by atoms with Crippen molar-refractivity contribution < 1.29 is 27.9 Å². The number of halogens is 2. The van der Waals surface area contributed by atoms with Crippen LogP contribution in [0.25, 0.3) is 0 Å². The van der Waals surface area contributed by atoms with Crippen molar-refractivity contribution in [2.24, 2.45) is 5.73 Å². The van der Waals surface area contributed by atoms with Crippen LogP contribution in [0.5, 0.6) is 5.75 Å². The van der Waals surface area contributed by atoms with E-state index in [2.05, 4.69) is 5.32 Å². The van der Waals surface area contributed by atoms with Gasteiger partial charge in [0, 0.05) is 19.0 Å². The number of nitrogens with zero attached hydrogens (tertiary/aromatic N) is 1. The van der Waals surface area contributed by atoms with Gasteiger partial charge in [-0.15, -0.1) is 11.3 Å². The van der Waals surface area contributed by atoms with Crippen LogP contribution in [0.4, 0.5) is 0 Å². The quantitative estimate of drug-likeness (QED) is 0.448. The summed E-state index contributed by atoms with van der Waals surface area (Å²) in [6.07, 6.45) is 0.0433. The van der Waals surface area contributed by atoms with E-state index in [9.17, 15) is 23.1 Å². The molecule has 192 valence electrons. The van der Waals surface area contributed by atoms with E-state index >= 15 is 0 Å². The van der Waals surface area contributed by atoms with Gasteiger partial charge < -0.3 is 20.9 Å². The molecule has 3 atom stereocenters. The van der Waals surface area contributed by atoms with Crippen LogP contribution in [0.15, 0.2) is 34.5 Å². The van der Waals surface area contributed by atoms with Gasteiger partial charge in [-0.05, 0) is 51.0 Å². The average molecular weight is 565 g/mol. The second-order valence-electron chi connectivity index (χ2n) is 9.24. The number of thiophene rings is 1. The number of ether oxygens (including phenoxy) is 1. The van der Waals surface area contributed by atoms with Gasteiger partial charge in [-0.2, -0.15) is 4.31 Å². The van der Waals surface area contributed by atoms with E-state index in [0.717, 1.165) is 15.6 Å². The molecule has 3 rings (SSSR count). The van der Waals surface area contributed by atoms with Gasteiger partial charge >= 0.3 is 5.97 Å². The van der Waals surface area contributed by atoms with Gasteiger partial charge in [-0.25, -0.2) is 13.2 Å². The Morgan fingerprint density at radius 2 is 1.91 bits per heavy atom. The highest BCUT2D eigenvalue weighted by atomic mass is 35.5. The molecule has 1 aliphatic rings. The first-order valence-corrected chi connectivity index (χ1v) is 13.7. The molecule has 1 aliphatic heterocycles. The number of carbonyl (C=O) groups excluding carboxylic acids is 1. The highest BCUT2D eigenvalue weighted by molar-refractivity contribution is 7.91. The summed E-state index contributed by atoms with van der Waals surface area (Å²) < 4.78 is 33.0. The molecule has 1 amide bonds. The molecular formula is C22H27Cl2N3O6S2. The first-order valence-electron chi connectivity index (χ1n) is 10.7. The molecule has 9 nitrogen and oxygen atoms in total. The molecule has 2 aromatic rings. The van der Waals surface area contributed by atoms with E-state index in [4.69, 9.17) is 33.7 Å². The number of hydrogen-bond donors (Lipinski definition) is 3. The third-order valence-corrected chi connectivity index (χ3v) is 9.37. The van der Waals surface area contributed by atoms with Gasteiger partial charge in [0.2, 0.25) is 5.91 Å². The Morgan fingerprint density at radius 1 is 1.29 bits per heavy atom. The number of aliphatic carboxylic acids is 1. The van der Waals surface area contributed by atoms with Crippen molar-refractivity contribution >= 4 is 56.4 Å². The second kappa shape index (κ2) is 10.6. The number of hydrogen-bond acceptors (Lipinski definition) is 7. The standard InChI is InChI=1S/C22H27Cl2N3O6S2/c1-22(2,3)33-14-6-4-12(5-7-14)8-16(21(29)30)26-20(28)17-9-13(25)11-27(17)35(31,32)18-10-15(23)19(24)34-18/h4-7,10,13,16-17H,8-9,11,25H2,1-3H3,(H,26,28)(H,29,30)/t13-,16+,17+/m1/s1. The molecule has 35 heavy (non-hydrogen) atoms. The first kappa shape index (κ1) is 27.7. The van der Waals surface area contributed by atoms with Gasteiger partial charge in [0.25, 0.3) is 10.0 Å². The molecule has 0 unspecified atom stereocenters. The Kier molecular flexibility index (Phi) is 8.40. The Labute approximate surface area is 218 Å². The lowest BCUT2D eigenvalue weighted by Gasteiger charge is -2.24. The molecule has 0 bridgehead atoms. The number of nitrogens with two attached hydrogens (primary N) is 1. The number of carboxylic acids is 1. The zero-order chi connectivity index (χ0) is 26.1. The minimum Gasteiger partial charge on any atom is -0.488 e. The Hall–Kier alpha value is -1.89. The summed E-state index contributed by atoms with van der Waals surface area (Å²) in [4.78, 5) is 25.0. The predicted octanol–water partition coefficient (Wildman–Crippen LogP) is 3.13. The van der Waals surface area contributed by atoms with E-state index in [1.54, 1.807) is 24.3 Å². The van der Waals surface area contributed by atoms with Crippen LogP contribution in [0.2, 0.25) is 9.36 Å². The summed E-state index contributed by atoms with van der Waals surface area (Å²) in [5.41, 5.74) is 6.25. The molecular weight excluding hydrogens is 537 g/mol. The van der Waals surface area contributed by atoms with Crippen molar-refractivity contribution in [2.75, 3.05) is 6.54 Å². The maximum Gasteiger partial charge on any atom is 0.326 e. The molecule has 4 N–H and O–H groups in total. The minimum atomic E-state index is -4.12. The average Bonchev–Trinajstić information content (AvgIpc) is 3.31. The topological polar surface area (TPSA) is 139 Å². The van der Waals surface area contributed by atoms with Crippen LogP contribution >= 0.6 is 34.5 Å². The van der Waals surface area contributed by atoms with Crippen molar-refractivity contribution in [2.45, 2.75) is 61.5 Å². The predicted molar refractivity (Wildman–Crippen MR) is 135 cm³/mol. The van der Waals surface area contributed by atoms with Crippen molar-refractivity contribution in [3.8, 4) is 5.75 Å². The summed E-state index contributed by atoms with van der Waals surface area (Å²) in [6, 6.07) is 5.07. The molecule has 1 aromatic heterocycles. The molecule has 0 aliphatic carbocycles. The summed E-state index contributed by atoms with van der Waals surface area (Å²) in [5.74, 6) is -1.36. The minimum absolute atomic E-state index is 0.00145. The van der Waals surface area contributed by atoms with E-state index in [0.29, 0.717) is 11.3 Å². The Balaban J connectivity index is 1.75. The van der Waals surface area contributed by atoms with Crippen LogP contribution in [-0.2, 0) is 26.0 Å². The molecule has 1 saturated heterocycles. The van der Waals surface area contributed by atoms with Gasteiger partial charge in [-0.3, -0.25) is 4.79 Å². The van der Waals surface area contributed by atoms with Crippen LogP contribution in [0, 0.1) is 0 Å². The lowest BCUT2D eigenvalue weighted by Crippen LogP contribution is -2.51. The van der Waals surface area contributed by atoms with E-state index < -0.39 is 40.0 Å². The largest absolute Gasteiger partial charge is 0.488 e. The third kappa shape index (κ3) is 6.87. The lowest BCUT2D eigenvalue weighted by molar-refractivity contribution is -0.142. The molecule has 13 heteroatoms. The fourth-order valence-corrected chi connectivity index (χ4v) is 7.33. The van der Waals surface area contributed by atoms with E-state index in [1.807, 2.05) is 20.8 Å². The van der Waals surface area contributed by atoms with Gasteiger partial charge in [0.15, 0.2) is 0 Å². The van der Waals surface area contributed by atoms with Crippen LogP contribution in [0.1, 0.15) is 32.8 Å². The van der Waals surface area contributed by atoms with E-state index in [-0.39, 0.29) is 38.6 Å². The fourth-order valence-electron chi connectivity index (χ4n) is 3.66. The molecule has 0 spiro atoms. The number of sulfonamides is 1. The highest BCUT2D eigenvalue weighted by Crippen LogP contribution is 2.37. The molecule has 1 aromatic carbocycles. The van der Waals surface area contributed by atoms with Gasteiger partial charge in [-0.1, -0.05) is 35.3 Å². The molecule has 2 heterocycles. The molecule has 0 radical (unpaired) electrons. The molecule has 1 fully saturated rings. The van der Waals surface area contributed by atoms with Crippen molar-refractivity contribution in [1.82, 2.24) is 9.62 Å². The Morgan fingerprint density at radius 3 is 2.43 bits per heavy atom. The zero-order valence-corrected chi connectivity index (χ0v) is 22.5. The van der Waals surface area contributed by atoms with E-state index in [1.165, 1.54) is 6.07 Å². The first-order chi connectivity index (χ1) is 16.2.